The Morgan fingerprint density at radius 1 is 1.03 bits per heavy atom. The summed E-state index contributed by atoms with van der Waals surface area (Å²) in [5.41, 5.74) is 4.40. The minimum atomic E-state index is 0.852. The number of para-hydroxylation sites is 1. The number of aromatic nitrogens is 2. The van der Waals surface area contributed by atoms with Crippen molar-refractivity contribution in [2.45, 2.75) is 19.4 Å². The van der Waals surface area contributed by atoms with Crippen LogP contribution in [-0.4, -0.2) is 59.9 Å². The van der Waals surface area contributed by atoms with Gasteiger partial charge in [0.2, 0.25) is 0 Å². The standard InChI is InChI=1S/C24H30N4O/c1-26(15-16-27-13-6-7-14-27)18-21-19-28(22-10-4-3-5-11-22)25-24(21)20-9-8-12-23(17-20)29-2/h3-5,8-12,17,19H,6-7,13-16,18H2,1-2H3. The summed E-state index contributed by atoms with van der Waals surface area (Å²) < 4.78 is 7.42. The van der Waals surface area contributed by atoms with E-state index in [0.717, 1.165) is 42.3 Å². The number of likely N-dealkylation sites (tertiary alicyclic amines) is 1. The van der Waals surface area contributed by atoms with Crippen molar-refractivity contribution in [3.05, 3.63) is 66.4 Å². The molecule has 29 heavy (non-hydrogen) atoms. The summed E-state index contributed by atoms with van der Waals surface area (Å²) in [5.74, 6) is 0.852. The summed E-state index contributed by atoms with van der Waals surface area (Å²) >= 11 is 0. The van der Waals surface area contributed by atoms with E-state index in [2.05, 4.69) is 47.3 Å². The van der Waals surface area contributed by atoms with E-state index in [0.29, 0.717) is 0 Å². The van der Waals surface area contributed by atoms with Gasteiger partial charge in [0.15, 0.2) is 0 Å². The monoisotopic (exact) mass is 390 g/mol. The second kappa shape index (κ2) is 9.25. The van der Waals surface area contributed by atoms with Crippen molar-refractivity contribution in [2.24, 2.45) is 0 Å². The molecule has 1 saturated heterocycles. The molecule has 0 saturated carbocycles. The van der Waals surface area contributed by atoms with Crippen LogP contribution in [0.3, 0.4) is 0 Å². The van der Waals surface area contributed by atoms with Crippen LogP contribution in [-0.2, 0) is 6.54 Å². The Morgan fingerprint density at radius 2 is 1.83 bits per heavy atom. The van der Waals surface area contributed by atoms with Crippen LogP contribution in [0.4, 0.5) is 0 Å². The Hall–Kier alpha value is -2.63. The molecule has 4 rings (SSSR count). The van der Waals surface area contributed by atoms with Gasteiger partial charge >= 0.3 is 0 Å². The summed E-state index contributed by atoms with van der Waals surface area (Å²) in [5, 5.41) is 4.94. The van der Waals surface area contributed by atoms with Crippen LogP contribution in [0.2, 0.25) is 0 Å². The topological polar surface area (TPSA) is 33.5 Å². The number of rotatable bonds is 8. The maximum absolute atomic E-state index is 5.43. The van der Waals surface area contributed by atoms with E-state index < -0.39 is 0 Å². The van der Waals surface area contributed by atoms with Gasteiger partial charge in [0.25, 0.3) is 0 Å². The van der Waals surface area contributed by atoms with Crippen molar-refractivity contribution < 1.29 is 4.74 Å². The predicted molar refractivity (Wildman–Crippen MR) is 118 cm³/mol. The van der Waals surface area contributed by atoms with Crippen LogP contribution < -0.4 is 4.74 Å². The van der Waals surface area contributed by atoms with Crippen LogP contribution in [0.15, 0.2) is 60.8 Å². The zero-order chi connectivity index (χ0) is 20.1. The maximum atomic E-state index is 5.43. The van der Waals surface area contributed by atoms with Crippen molar-refractivity contribution in [2.75, 3.05) is 40.3 Å². The predicted octanol–water partition coefficient (Wildman–Crippen LogP) is 4.08. The Balaban J connectivity index is 1.59. The first-order valence-corrected chi connectivity index (χ1v) is 10.4. The van der Waals surface area contributed by atoms with E-state index in [1.165, 1.54) is 31.5 Å². The fraction of sp³-hybridized carbons (Fsp3) is 0.375. The molecule has 0 N–H and O–H groups in total. The first kappa shape index (κ1) is 19.7. The highest BCUT2D eigenvalue weighted by atomic mass is 16.5. The van der Waals surface area contributed by atoms with E-state index in [4.69, 9.17) is 9.84 Å². The van der Waals surface area contributed by atoms with Gasteiger partial charge in [-0.05, 0) is 57.2 Å². The number of likely N-dealkylation sites (N-methyl/N-ethyl adjacent to an activating group) is 1. The minimum Gasteiger partial charge on any atom is -0.497 e. The van der Waals surface area contributed by atoms with Crippen LogP contribution in [0.25, 0.3) is 16.9 Å². The zero-order valence-electron chi connectivity index (χ0n) is 17.4. The van der Waals surface area contributed by atoms with Gasteiger partial charge in [0.1, 0.15) is 5.75 Å². The molecule has 5 heteroatoms. The van der Waals surface area contributed by atoms with E-state index in [1.807, 2.05) is 35.0 Å². The summed E-state index contributed by atoms with van der Waals surface area (Å²) in [7, 11) is 3.90. The van der Waals surface area contributed by atoms with Crippen molar-refractivity contribution in [1.82, 2.24) is 19.6 Å². The molecule has 2 heterocycles. The van der Waals surface area contributed by atoms with Gasteiger partial charge in [-0.3, -0.25) is 0 Å². The lowest BCUT2D eigenvalue weighted by Gasteiger charge is -2.21. The average Bonchev–Trinajstić information content (AvgIpc) is 3.43. The minimum absolute atomic E-state index is 0.852. The van der Waals surface area contributed by atoms with E-state index in [-0.39, 0.29) is 0 Å². The molecule has 1 aliphatic rings. The third kappa shape index (κ3) is 4.86. The molecule has 0 aliphatic carbocycles. The SMILES string of the molecule is COc1cccc(-c2nn(-c3ccccc3)cc2CN(C)CCN2CCCC2)c1. The molecule has 1 aromatic heterocycles. The van der Waals surface area contributed by atoms with E-state index in [9.17, 15) is 0 Å². The quantitative estimate of drug-likeness (QED) is 0.580. The van der Waals surface area contributed by atoms with E-state index >= 15 is 0 Å². The molecule has 1 aliphatic heterocycles. The van der Waals surface area contributed by atoms with Gasteiger partial charge in [-0.2, -0.15) is 5.10 Å². The Bertz CT molecular complexity index is 916. The second-order valence-electron chi connectivity index (χ2n) is 7.80. The van der Waals surface area contributed by atoms with E-state index in [1.54, 1.807) is 7.11 Å². The number of hydrogen-bond donors (Lipinski definition) is 0. The first-order chi connectivity index (χ1) is 14.2. The van der Waals surface area contributed by atoms with Crippen LogP contribution in [0.5, 0.6) is 5.75 Å². The molecule has 0 bridgehead atoms. The second-order valence-corrected chi connectivity index (χ2v) is 7.80. The lowest BCUT2D eigenvalue weighted by molar-refractivity contribution is 0.252. The van der Waals surface area contributed by atoms with Crippen LogP contribution in [0, 0.1) is 0 Å². The molecule has 0 spiro atoms. The summed E-state index contributed by atoms with van der Waals surface area (Å²) in [6.07, 6.45) is 4.84. The molecule has 0 atom stereocenters. The van der Waals surface area contributed by atoms with Crippen molar-refractivity contribution >= 4 is 0 Å². The Labute approximate surface area is 173 Å². The van der Waals surface area contributed by atoms with Crippen molar-refractivity contribution in [3.63, 3.8) is 0 Å². The number of hydrogen-bond acceptors (Lipinski definition) is 4. The van der Waals surface area contributed by atoms with Gasteiger partial charge in [-0.1, -0.05) is 30.3 Å². The number of nitrogens with zero attached hydrogens (tertiary/aromatic N) is 4. The zero-order valence-corrected chi connectivity index (χ0v) is 17.4. The van der Waals surface area contributed by atoms with Gasteiger partial charge in [-0.25, -0.2) is 4.68 Å². The molecule has 0 amide bonds. The van der Waals surface area contributed by atoms with Crippen molar-refractivity contribution in [1.29, 1.82) is 0 Å². The molecule has 3 aromatic rings. The normalized spacial score (nSPS) is 14.6. The lowest BCUT2D eigenvalue weighted by atomic mass is 10.1. The molecule has 2 aromatic carbocycles. The molecule has 0 unspecified atom stereocenters. The third-order valence-corrected chi connectivity index (χ3v) is 5.59. The number of benzene rings is 2. The molecule has 5 nitrogen and oxygen atoms in total. The number of ether oxygens (including phenoxy) is 1. The molecule has 1 fully saturated rings. The van der Waals surface area contributed by atoms with Crippen LogP contribution >= 0.6 is 0 Å². The lowest BCUT2D eigenvalue weighted by Crippen LogP contribution is -2.31. The summed E-state index contributed by atoms with van der Waals surface area (Å²) in [6, 6.07) is 18.5. The Morgan fingerprint density at radius 3 is 2.59 bits per heavy atom. The highest BCUT2D eigenvalue weighted by molar-refractivity contribution is 5.65. The van der Waals surface area contributed by atoms with Crippen molar-refractivity contribution in [3.8, 4) is 22.7 Å². The third-order valence-electron chi connectivity index (χ3n) is 5.59. The fourth-order valence-electron chi connectivity index (χ4n) is 3.94. The highest BCUT2D eigenvalue weighted by Crippen LogP contribution is 2.27. The molecule has 152 valence electrons. The first-order valence-electron chi connectivity index (χ1n) is 10.4. The summed E-state index contributed by atoms with van der Waals surface area (Å²) in [6.45, 7) is 5.56. The molecular weight excluding hydrogens is 360 g/mol. The average molecular weight is 391 g/mol. The maximum Gasteiger partial charge on any atom is 0.119 e. The van der Waals surface area contributed by atoms with Gasteiger partial charge in [0.05, 0.1) is 18.5 Å². The Kier molecular flexibility index (Phi) is 6.27. The van der Waals surface area contributed by atoms with Gasteiger partial charge in [-0.15, -0.1) is 0 Å². The highest BCUT2D eigenvalue weighted by Gasteiger charge is 2.16. The molecular formula is C24H30N4O. The van der Waals surface area contributed by atoms with Crippen LogP contribution in [0.1, 0.15) is 18.4 Å². The number of methoxy groups -OCH3 is 1. The summed E-state index contributed by atoms with van der Waals surface area (Å²) in [4.78, 5) is 4.96. The largest absolute Gasteiger partial charge is 0.497 e. The smallest absolute Gasteiger partial charge is 0.119 e. The van der Waals surface area contributed by atoms with Gasteiger partial charge < -0.3 is 14.5 Å². The van der Waals surface area contributed by atoms with Gasteiger partial charge in [0, 0.05) is 37.0 Å². The molecule has 0 radical (unpaired) electrons. The fourth-order valence-corrected chi connectivity index (χ4v) is 3.94.